The average Bonchev–Trinajstić information content (AvgIpc) is 3.30. The van der Waals surface area contributed by atoms with Crippen LogP contribution in [0.4, 0.5) is 5.69 Å². The van der Waals surface area contributed by atoms with Gasteiger partial charge in [0.1, 0.15) is 5.76 Å². The van der Waals surface area contributed by atoms with Crippen LogP contribution in [0, 0.1) is 0 Å². The van der Waals surface area contributed by atoms with E-state index in [1.165, 1.54) is 11.1 Å². The Balaban J connectivity index is 1.45. The van der Waals surface area contributed by atoms with Gasteiger partial charge in [0, 0.05) is 12.2 Å². The third-order valence-electron chi connectivity index (χ3n) is 5.00. The largest absolute Gasteiger partial charge is 0.467 e. The third-order valence-corrected chi connectivity index (χ3v) is 5.00. The maximum Gasteiger partial charge on any atom is 0.253 e. The number of rotatable bonds is 10. The van der Waals surface area contributed by atoms with E-state index in [0.717, 1.165) is 6.42 Å². The predicted octanol–water partition coefficient (Wildman–Crippen LogP) is 4.10. The predicted molar refractivity (Wildman–Crippen MR) is 122 cm³/mol. The molecule has 0 saturated carbocycles. The van der Waals surface area contributed by atoms with Gasteiger partial charge in [-0.3, -0.25) is 9.59 Å². The van der Waals surface area contributed by atoms with Gasteiger partial charge in [-0.2, -0.15) is 0 Å². The highest BCUT2D eigenvalue weighted by molar-refractivity contribution is 6.00. The number of carbonyl (C=O) groups is 2. The van der Waals surface area contributed by atoms with Crippen molar-refractivity contribution < 1.29 is 14.0 Å². The lowest BCUT2D eigenvalue weighted by Gasteiger charge is -2.12. The minimum atomic E-state index is -0.232. The second kappa shape index (κ2) is 11.0. The molecule has 2 aromatic carbocycles. The van der Waals surface area contributed by atoms with Crippen LogP contribution in [-0.4, -0.2) is 24.9 Å². The molecule has 0 fully saturated rings. The lowest BCUT2D eigenvalue weighted by Crippen LogP contribution is -2.32. The van der Waals surface area contributed by atoms with Crippen molar-refractivity contribution in [2.75, 3.05) is 18.4 Å². The molecule has 0 saturated heterocycles. The fraction of sp³-hybridized carbons (Fsp3) is 0.280. The summed E-state index contributed by atoms with van der Waals surface area (Å²) in [4.78, 5) is 24.7. The Labute approximate surface area is 183 Å². The van der Waals surface area contributed by atoms with Crippen molar-refractivity contribution in [1.29, 1.82) is 0 Å². The molecule has 3 N–H and O–H groups in total. The van der Waals surface area contributed by atoms with E-state index in [0.29, 0.717) is 36.0 Å². The number of para-hydroxylation sites is 1. The zero-order valence-corrected chi connectivity index (χ0v) is 18.0. The number of hydrogen-bond donors (Lipinski definition) is 3. The minimum Gasteiger partial charge on any atom is -0.467 e. The highest BCUT2D eigenvalue weighted by Crippen LogP contribution is 2.16. The van der Waals surface area contributed by atoms with Gasteiger partial charge < -0.3 is 20.4 Å². The van der Waals surface area contributed by atoms with Crippen LogP contribution in [0.2, 0.25) is 0 Å². The van der Waals surface area contributed by atoms with Gasteiger partial charge in [0.15, 0.2) is 0 Å². The number of nitrogens with one attached hydrogen (secondary N) is 3. The van der Waals surface area contributed by atoms with Crippen LogP contribution in [0.5, 0.6) is 0 Å². The fourth-order valence-electron chi connectivity index (χ4n) is 3.16. The van der Waals surface area contributed by atoms with Crippen molar-refractivity contribution in [3.63, 3.8) is 0 Å². The van der Waals surface area contributed by atoms with Gasteiger partial charge >= 0.3 is 0 Å². The maximum atomic E-state index is 12.5. The smallest absolute Gasteiger partial charge is 0.253 e. The Bertz CT molecular complexity index is 980. The molecule has 162 valence electrons. The molecule has 0 aliphatic carbocycles. The quantitative estimate of drug-likeness (QED) is 0.462. The summed E-state index contributed by atoms with van der Waals surface area (Å²) in [5.41, 5.74) is 3.59. The van der Waals surface area contributed by atoms with E-state index >= 15 is 0 Å². The second-order valence-electron chi connectivity index (χ2n) is 7.66. The Morgan fingerprint density at radius 2 is 1.71 bits per heavy atom. The molecule has 6 nitrogen and oxygen atoms in total. The first-order valence-electron chi connectivity index (χ1n) is 10.5. The molecular formula is C25H29N3O3. The summed E-state index contributed by atoms with van der Waals surface area (Å²) in [5.74, 6) is 0.835. The van der Waals surface area contributed by atoms with Crippen LogP contribution in [0.1, 0.15) is 47.0 Å². The normalized spacial score (nSPS) is 10.7. The molecule has 2 amide bonds. The van der Waals surface area contributed by atoms with Gasteiger partial charge in [0.25, 0.3) is 5.91 Å². The Kier molecular flexibility index (Phi) is 7.87. The summed E-state index contributed by atoms with van der Waals surface area (Å²) in [6, 6.07) is 19.2. The zero-order valence-electron chi connectivity index (χ0n) is 18.0. The highest BCUT2D eigenvalue weighted by Gasteiger charge is 2.12. The number of benzene rings is 2. The van der Waals surface area contributed by atoms with Crippen LogP contribution in [0.15, 0.2) is 71.3 Å². The maximum absolute atomic E-state index is 12.5. The summed E-state index contributed by atoms with van der Waals surface area (Å²) in [6.07, 6.45) is 2.34. The zero-order chi connectivity index (χ0) is 22.1. The number of furan rings is 1. The number of carbonyl (C=O) groups excluding carboxylic acids is 2. The van der Waals surface area contributed by atoms with Crippen molar-refractivity contribution in [1.82, 2.24) is 10.6 Å². The Hall–Kier alpha value is -3.54. The van der Waals surface area contributed by atoms with Crippen LogP contribution >= 0.6 is 0 Å². The molecule has 0 spiro atoms. The van der Waals surface area contributed by atoms with Gasteiger partial charge in [0.2, 0.25) is 5.91 Å². The van der Waals surface area contributed by atoms with Crippen LogP contribution in [0.25, 0.3) is 0 Å². The van der Waals surface area contributed by atoms with E-state index < -0.39 is 0 Å². The van der Waals surface area contributed by atoms with Crippen molar-refractivity contribution >= 4 is 17.5 Å². The highest BCUT2D eigenvalue weighted by atomic mass is 16.3. The van der Waals surface area contributed by atoms with E-state index in [4.69, 9.17) is 4.42 Å². The summed E-state index contributed by atoms with van der Waals surface area (Å²) >= 11 is 0. The first-order valence-corrected chi connectivity index (χ1v) is 10.5. The first-order chi connectivity index (χ1) is 15.0. The molecule has 3 rings (SSSR count). The van der Waals surface area contributed by atoms with Crippen molar-refractivity contribution in [3.8, 4) is 0 Å². The first kappa shape index (κ1) is 22.2. The molecule has 6 heteroatoms. The monoisotopic (exact) mass is 419 g/mol. The lowest BCUT2D eigenvalue weighted by molar-refractivity contribution is -0.119. The van der Waals surface area contributed by atoms with Crippen molar-refractivity contribution in [3.05, 3.63) is 89.4 Å². The van der Waals surface area contributed by atoms with E-state index in [2.05, 4.69) is 54.1 Å². The summed E-state index contributed by atoms with van der Waals surface area (Å²) in [6.45, 7) is 5.30. The molecule has 0 radical (unpaired) electrons. The van der Waals surface area contributed by atoms with E-state index in [9.17, 15) is 9.59 Å². The van der Waals surface area contributed by atoms with Crippen LogP contribution < -0.4 is 16.0 Å². The van der Waals surface area contributed by atoms with Gasteiger partial charge in [-0.05, 0) is 47.7 Å². The van der Waals surface area contributed by atoms with Crippen molar-refractivity contribution in [2.24, 2.45) is 0 Å². The topological polar surface area (TPSA) is 83.4 Å². The number of amides is 2. The van der Waals surface area contributed by atoms with Gasteiger partial charge in [0.05, 0.1) is 24.9 Å². The minimum absolute atomic E-state index is 0.0920. The molecule has 0 bridgehead atoms. The standard InChI is InChI=1S/C25H29N3O3/c1-18(2)20-11-9-19(10-12-20)13-14-26-24(29)17-27-23-8-4-3-7-22(23)25(30)28-16-21-6-5-15-31-21/h3-12,15,18,27H,13-14,16-17H2,1-2H3,(H,26,29)(H,28,30). The summed E-state index contributed by atoms with van der Waals surface area (Å²) < 4.78 is 5.23. The molecule has 1 aromatic heterocycles. The molecular weight excluding hydrogens is 390 g/mol. The van der Waals surface area contributed by atoms with Crippen LogP contribution in [0.3, 0.4) is 0 Å². The number of anilines is 1. The SMILES string of the molecule is CC(C)c1ccc(CCNC(=O)CNc2ccccc2C(=O)NCc2ccco2)cc1. The van der Waals surface area contributed by atoms with Gasteiger partial charge in [-0.25, -0.2) is 0 Å². The van der Waals surface area contributed by atoms with Gasteiger partial charge in [-0.1, -0.05) is 50.2 Å². The van der Waals surface area contributed by atoms with Gasteiger partial charge in [-0.15, -0.1) is 0 Å². The van der Waals surface area contributed by atoms with Crippen LogP contribution in [-0.2, 0) is 17.8 Å². The molecule has 0 aliphatic heterocycles. The fourth-order valence-corrected chi connectivity index (χ4v) is 3.16. The van der Waals surface area contributed by atoms with Crippen molar-refractivity contribution in [2.45, 2.75) is 32.7 Å². The average molecular weight is 420 g/mol. The Morgan fingerprint density at radius 3 is 2.42 bits per heavy atom. The molecule has 0 atom stereocenters. The summed E-state index contributed by atoms with van der Waals surface area (Å²) in [5, 5.41) is 8.80. The number of hydrogen-bond acceptors (Lipinski definition) is 4. The van der Waals surface area contributed by atoms with E-state index in [1.807, 2.05) is 6.07 Å². The summed E-state index contributed by atoms with van der Waals surface area (Å²) in [7, 11) is 0. The Morgan fingerprint density at radius 1 is 0.935 bits per heavy atom. The molecule has 0 unspecified atom stereocenters. The molecule has 31 heavy (non-hydrogen) atoms. The third kappa shape index (κ3) is 6.74. The molecule has 0 aliphatic rings. The van der Waals surface area contributed by atoms with E-state index in [-0.39, 0.29) is 18.4 Å². The molecule has 1 heterocycles. The van der Waals surface area contributed by atoms with E-state index in [1.54, 1.807) is 36.6 Å². The lowest BCUT2D eigenvalue weighted by atomic mass is 10.0. The second-order valence-corrected chi connectivity index (χ2v) is 7.66. The molecule has 3 aromatic rings.